The first-order valence-electron chi connectivity index (χ1n) is 7.26. The van der Waals surface area contributed by atoms with E-state index in [4.69, 9.17) is 5.73 Å². The standard InChI is InChI=1S/C14H23N3O4/c1-13(2,3)14(12(20)21)7-4-8-16-10(18)6-5-9(15)11(19)17(14)16/h9H,4-8,15H2,1-3H3,(H,20,21). The summed E-state index contributed by atoms with van der Waals surface area (Å²) in [6.07, 6.45) is 1.29. The predicted octanol–water partition coefficient (Wildman–Crippen LogP) is 0.343. The number of fused-ring (bicyclic) bond motifs is 1. The Labute approximate surface area is 124 Å². The number of carboxylic acids is 1. The highest BCUT2D eigenvalue weighted by atomic mass is 16.4. The number of aliphatic carboxylic acids is 1. The molecule has 21 heavy (non-hydrogen) atoms. The SMILES string of the molecule is CC(C)(C)C1(C(=O)O)CCCN2C(=O)CCC(N)C(=O)N21. The van der Waals surface area contributed by atoms with E-state index in [9.17, 15) is 19.5 Å². The van der Waals surface area contributed by atoms with Crippen LogP contribution in [0.25, 0.3) is 0 Å². The molecule has 2 rings (SSSR count). The molecule has 0 spiro atoms. The van der Waals surface area contributed by atoms with Gasteiger partial charge in [0.15, 0.2) is 5.54 Å². The average Bonchev–Trinajstić information content (AvgIpc) is 2.50. The summed E-state index contributed by atoms with van der Waals surface area (Å²) in [5.74, 6) is -1.79. The zero-order chi connectivity index (χ0) is 16.0. The second-order valence-corrected chi connectivity index (χ2v) is 6.83. The van der Waals surface area contributed by atoms with Crippen LogP contribution in [0.3, 0.4) is 0 Å². The lowest BCUT2D eigenvalue weighted by Crippen LogP contribution is -2.73. The molecule has 0 aromatic carbocycles. The quantitative estimate of drug-likeness (QED) is 0.726. The summed E-state index contributed by atoms with van der Waals surface area (Å²) in [7, 11) is 0. The second-order valence-electron chi connectivity index (χ2n) is 6.83. The average molecular weight is 297 g/mol. The fraction of sp³-hybridized carbons (Fsp3) is 0.786. The number of hydrogen-bond acceptors (Lipinski definition) is 4. The van der Waals surface area contributed by atoms with Gasteiger partial charge in [0.25, 0.3) is 5.91 Å². The van der Waals surface area contributed by atoms with E-state index in [0.29, 0.717) is 19.4 Å². The van der Waals surface area contributed by atoms with Crippen LogP contribution in [0, 0.1) is 5.41 Å². The van der Waals surface area contributed by atoms with Gasteiger partial charge < -0.3 is 10.8 Å². The second kappa shape index (κ2) is 4.98. The molecule has 2 atom stereocenters. The molecular weight excluding hydrogens is 274 g/mol. The Morgan fingerprint density at radius 3 is 2.52 bits per heavy atom. The molecule has 2 heterocycles. The van der Waals surface area contributed by atoms with E-state index in [2.05, 4.69) is 0 Å². The van der Waals surface area contributed by atoms with E-state index in [1.807, 2.05) is 0 Å². The van der Waals surface area contributed by atoms with Crippen molar-refractivity contribution in [3.05, 3.63) is 0 Å². The van der Waals surface area contributed by atoms with Crippen LogP contribution in [0.5, 0.6) is 0 Å². The third-order valence-corrected chi connectivity index (χ3v) is 4.59. The normalized spacial score (nSPS) is 31.0. The highest BCUT2D eigenvalue weighted by Crippen LogP contribution is 2.44. The van der Waals surface area contributed by atoms with Crippen molar-refractivity contribution in [3.63, 3.8) is 0 Å². The summed E-state index contributed by atoms with van der Waals surface area (Å²) in [4.78, 5) is 37.0. The maximum absolute atomic E-state index is 12.6. The monoisotopic (exact) mass is 297 g/mol. The van der Waals surface area contributed by atoms with Crippen LogP contribution in [0.2, 0.25) is 0 Å². The number of amides is 2. The number of rotatable bonds is 1. The molecule has 0 aliphatic carbocycles. The molecule has 2 aliphatic rings. The summed E-state index contributed by atoms with van der Waals surface area (Å²) in [5.41, 5.74) is 3.68. The van der Waals surface area contributed by atoms with Gasteiger partial charge in [0.2, 0.25) is 5.91 Å². The molecule has 0 aromatic rings. The van der Waals surface area contributed by atoms with Crippen molar-refractivity contribution >= 4 is 17.8 Å². The lowest BCUT2D eigenvalue weighted by atomic mass is 9.69. The summed E-state index contributed by atoms with van der Waals surface area (Å²) in [5, 5.41) is 12.3. The Balaban J connectivity index is 2.62. The van der Waals surface area contributed by atoms with E-state index >= 15 is 0 Å². The van der Waals surface area contributed by atoms with Gasteiger partial charge in [-0.2, -0.15) is 0 Å². The molecule has 7 nitrogen and oxygen atoms in total. The van der Waals surface area contributed by atoms with Crippen LogP contribution in [-0.4, -0.2) is 51.0 Å². The minimum absolute atomic E-state index is 0.170. The van der Waals surface area contributed by atoms with Crippen LogP contribution in [0.15, 0.2) is 0 Å². The number of hydrazine groups is 1. The molecule has 0 bridgehead atoms. The highest BCUT2D eigenvalue weighted by Gasteiger charge is 2.60. The van der Waals surface area contributed by atoms with Gasteiger partial charge in [-0.15, -0.1) is 0 Å². The van der Waals surface area contributed by atoms with Crippen molar-refractivity contribution in [1.82, 2.24) is 10.0 Å². The zero-order valence-corrected chi connectivity index (χ0v) is 12.8. The molecule has 0 radical (unpaired) electrons. The molecule has 0 aromatic heterocycles. The van der Waals surface area contributed by atoms with Crippen molar-refractivity contribution in [1.29, 1.82) is 0 Å². The smallest absolute Gasteiger partial charge is 0.332 e. The van der Waals surface area contributed by atoms with E-state index < -0.39 is 28.9 Å². The Hall–Kier alpha value is -1.63. The lowest BCUT2D eigenvalue weighted by Gasteiger charge is -2.55. The fourth-order valence-corrected chi connectivity index (χ4v) is 3.34. The van der Waals surface area contributed by atoms with Crippen molar-refractivity contribution in [3.8, 4) is 0 Å². The van der Waals surface area contributed by atoms with Crippen molar-refractivity contribution < 1.29 is 19.5 Å². The number of hydrogen-bond donors (Lipinski definition) is 2. The number of carbonyl (C=O) groups excluding carboxylic acids is 2. The van der Waals surface area contributed by atoms with Gasteiger partial charge in [-0.3, -0.25) is 14.6 Å². The molecule has 2 unspecified atom stereocenters. The molecule has 7 heteroatoms. The topological polar surface area (TPSA) is 104 Å². The third-order valence-electron chi connectivity index (χ3n) is 4.59. The first-order valence-corrected chi connectivity index (χ1v) is 7.26. The Morgan fingerprint density at radius 1 is 1.38 bits per heavy atom. The van der Waals surface area contributed by atoms with E-state index in [-0.39, 0.29) is 18.7 Å². The van der Waals surface area contributed by atoms with Crippen LogP contribution >= 0.6 is 0 Å². The van der Waals surface area contributed by atoms with Gasteiger partial charge in [0.05, 0.1) is 6.04 Å². The molecule has 2 fully saturated rings. The van der Waals surface area contributed by atoms with Gasteiger partial charge in [0.1, 0.15) is 0 Å². The van der Waals surface area contributed by atoms with Crippen molar-refractivity contribution in [2.75, 3.05) is 6.54 Å². The first kappa shape index (κ1) is 15.8. The maximum Gasteiger partial charge on any atom is 0.332 e. The van der Waals surface area contributed by atoms with Gasteiger partial charge in [-0.05, 0) is 24.7 Å². The summed E-state index contributed by atoms with van der Waals surface area (Å²) in [6.45, 7) is 5.69. The van der Waals surface area contributed by atoms with Gasteiger partial charge >= 0.3 is 5.97 Å². The number of carbonyl (C=O) groups is 3. The molecule has 2 amide bonds. The van der Waals surface area contributed by atoms with E-state index in [1.54, 1.807) is 20.8 Å². The fourth-order valence-electron chi connectivity index (χ4n) is 3.34. The van der Waals surface area contributed by atoms with Crippen molar-refractivity contribution in [2.24, 2.45) is 11.1 Å². The molecule has 3 N–H and O–H groups in total. The lowest BCUT2D eigenvalue weighted by molar-refractivity contribution is -0.209. The maximum atomic E-state index is 12.6. The van der Waals surface area contributed by atoms with E-state index in [1.165, 1.54) is 5.01 Å². The molecule has 0 saturated carbocycles. The molecular formula is C14H23N3O4. The van der Waals surface area contributed by atoms with Crippen LogP contribution < -0.4 is 5.73 Å². The number of nitrogens with two attached hydrogens (primary N) is 1. The predicted molar refractivity (Wildman–Crippen MR) is 74.8 cm³/mol. The summed E-state index contributed by atoms with van der Waals surface area (Å²) >= 11 is 0. The molecule has 118 valence electrons. The van der Waals surface area contributed by atoms with Gasteiger partial charge in [-0.1, -0.05) is 20.8 Å². The molecule has 2 saturated heterocycles. The highest BCUT2D eigenvalue weighted by molar-refractivity contribution is 5.94. The number of nitrogens with zero attached hydrogens (tertiary/aromatic N) is 2. The van der Waals surface area contributed by atoms with Gasteiger partial charge in [0, 0.05) is 13.0 Å². The van der Waals surface area contributed by atoms with Crippen LogP contribution in [-0.2, 0) is 14.4 Å². The number of carboxylic acid groups (broad SMARTS) is 1. The zero-order valence-electron chi connectivity index (χ0n) is 12.8. The summed E-state index contributed by atoms with van der Waals surface area (Å²) in [6, 6.07) is -0.835. The van der Waals surface area contributed by atoms with E-state index in [0.717, 1.165) is 5.01 Å². The van der Waals surface area contributed by atoms with Crippen LogP contribution in [0.4, 0.5) is 0 Å². The third kappa shape index (κ3) is 2.19. The largest absolute Gasteiger partial charge is 0.479 e. The Bertz CT molecular complexity index is 485. The Kier molecular flexibility index (Phi) is 3.73. The van der Waals surface area contributed by atoms with Crippen LogP contribution in [0.1, 0.15) is 46.5 Å². The summed E-state index contributed by atoms with van der Waals surface area (Å²) < 4.78 is 0. The minimum Gasteiger partial charge on any atom is -0.479 e. The molecule has 2 aliphatic heterocycles. The van der Waals surface area contributed by atoms with Gasteiger partial charge in [-0.25, -0.2) is 9.80 Å². The Morgan fingerprint density at radius 2 is 2.00 bits per heavy atom. The minimum atomic E-state index is -1.44. The van der Waals surface area contributed by atoms with Crippen molar-refractivity contribution in [2.45, 2.75) is 58.0 Å². The first-order chi connectivity index (χ1) is 9.63.